The molecule has 0 aliphatic heterocycles. The van der Waals surface area contributed by atoms with Crippen molar-refractivity contribution in [2.45, 2.75) is 0 Å². The third-order valence-corrected chi connectivity index (χ3v) is 2.88. The maximum absolute atomic E-state index is 11.9. The molecule has 1 rings (SSSR count). The van der Waals surface area contributed by atoms with Crippen LogP contribution in [0.2, 0.25) is 0 Å². The number of hydrogen-bond donors (Lipinski definition) is 4. The lowest BCUT2D eigenvalue weighted by Crippen LogP contribution is -2.39. The van der Waals surface area contributed by atoms with Gasteiger partial charge in [-0.25, -0.2) is 9.59 Å². The van der Waals surface area contributed by atoms with Crippen LogP contribution in [0.25, 0.3) is 0 Å². The standard InChI is InChI=1S/C12H15BrN2O5/c13-9-5-8(11(18)19)6-10(7-9)14-12(20)15(1-3-16)2-4-17/h5-7,16-17H,1-4H2,(H,14,20)(H,18,19). The lowest BCUT2D eigenvalue weighted by Gasteiger charge is -2.21. The fraction of sp³-hybridized carbons (Fsp3) is 0.333. The first-order chi connectivity index (χ1) is 9.47. The Morgan fingerprint density at radius 2 is 1.75 bits per heavy atom. The molecule has 1 aromatic rings. The molecule has 0 atom stereocenters. The van der Waals surface area contributed by atoms with Gasteiger partial charge in [0.25, 0.3) is 0 Å². The molecule has 0 saturated carbocycles. The predicted molar refractivity (Wildman–Crippen MR) is 75.9 cm³/mol. The first kappa shape index (κ1) is 16.4. The normalized spacial score (nSPS) is 10.2. The van der Waals surface area contributed by atoms with E-state index in [0.29, 0.717) is 10.2 Å². The maximum atomic E-state index is 11.9. The molecule has 1 aromatic carbocycles. The van der Waals surface area contributed by atoms with Gasteiger partial charge in [-0.1, -0.05) is 15.9 Å². The van der Waals surface area contributed by atoms with E-state index < -0.39 is 12.0 Å². The van der Waals surface area contributed by atoms with Crippen molar-refractivity contribution in [3.8, 4) is 0 Å². The molecule has 0 aliphatic rings. The highest BCUT2D eigenvalue weighted by Gasteiger charge is 2.14. The van der Waals surface area contributed by atoms with E-state index in [1.807, 2.05) is 0 Å². The van der Waals surface area contributed by atoms with Gasteiger partial charge in [0.1, 0.15) is 0 Å². The number of urea groups is 1. The van der Waals surface area contributed by atoms with Gasteiger partial charge in [-0.15, -0.1) is 0 Å². The van der Waals surface area contributed by atoms with E-state index in [1.165, 1.54) is 17.0 Å². The minimum atomic E-state index is -1.11. The summed E-state index contributed by atoms with van der Waals surface area (Å²) in [5, 5.41) is 29.2. The van der Waals surface area contributed by atoms with Crippen LogP contribution in [0.5, 0.6) is 0 Å². The highest BCUT2D eigenvalue weighted by molar-refractivity contribution is 9.10. The summed E-state index contributed by atoms with van der Waals surface area (Å²) in [6.45, 7) is -0.309. The fourth-order valence-electron chi connectivity index (χ4n) is 1.54. The molecule has 4 N–H and O–H groups in total. The van der Waals surface area contributed by atoms with Crippen LogP contribution < -0.4 is 5.32 Å². The topological polar surface area (TPSA) is 110 Å². The predicted octanol–water partition coefficient (Wildman–Crippen LogP) is 0.966. The molecule has 0 fully saturated rings. The lowest BCUT2D eigenvalue weighted by molar-refractivity contribution is 0.0696. The van der Waals surface area contributed by atoms with Crippen LogP contribution in [0.4, 0.5) is 10.5 Å². The zero-order valence-corrected chi connectivity index (χ0v) is 12.1. The Morgan fingerprint density at radius 3 is 2.25 bits per heavy atom. The van der Waals surface area contributed by atoms with E-state index in [2.05, 4.69) is 21.2 Å². The maximum Gasteiger partial charge on any atom is 0.335 e. The number of nitrogens with zero attached hydrogens (tertiary/aromatic N) is 1. The largest absolute Gasteiger partial charge is 0.478 e. The Morgan fingerprint density at radius 1 is 1.15 bits per heavy atom. The summed E-state index contributed by atoms with van der Waals surface area (Å²) in [5.74, 6) is -1.11. The summed E-state index contributed by atoms with van der Waals surface area (Å²) in [6.07, 6.45) is 0. The summed E-state index contributed by atoms with van der Waals surface area (Å²) >= 11 is 3.16. The van der Waals surface area contributed by atoms with Gasteiger partial charge >= 0.3 is 12.0 Å². The summed E-state index contributed by atoms with van der Waals surface area (Å²) in [7, 11) is 0. The van der Waals surface area contributed by atoms with Gasteiger partial charge in [0, 0.05) is 23.2 Å². The Kier molecular flexibility index (Phi) is 6.43. The number of carbonyl (C=O) groups excluding carboxylic acids is 1. The smallest absolute Gasteiger partial charge is 0.335 e. The van der Waals surface area contributed by atoms with E-state index in [9.17, 15) is 9.59 Å². The van der Waals surface area contributed by atoms with Gasteiger partial charge in [0.15, 0.2) is 0 Å². The van der Waals surface area contributed by atoms with E-state index in [1.54, 1.807) is 6.07 Å². The third-order valence-electron chi connectivity index (χ3n) is 2.42. The molecule has 110 valence electrons. The number of hydrogen-bond acceptors (Lipinski definition) is 4. The zero-order chi connectivity index (χ0) is 15.1. The van der Waals surface area contributed by atoms with E-state index in [0.717, 1.165) is 0 Å². The van der Waals surface area contributed by atoms with Gasteiger partial charge in [-0.2, -0.15) is 0 Å². The minimum Gasteiger partial charge on any atom is -0.478 e. The van der Waals surface area contributed by atoms with Gasteiger partial charge in [0.05, 0.1) is 18.8 Å². The van der Waals surface area contributed by atoms with E-state index in [4.69, 9.17) is 15.3 Å². The molecule has 0 spiro atoms. The van der Waals surface area contributed by atoms with Gasteiger partial charge < -0.3 is 25.5 Å². The van der Waals surface area contributed by atoms with E-state index >= 15 is 0 Å². The summed E-state index contributed by atoms with van der Waals surface area (Å²) < 4.78 is 0.517. The van der Waals surface area contributed by atoms with Crippen molar-refractivity contribution in [1.29, 1.82) is 0 Å². The van der Waals surface area contributed by atoms with Crippen molar-refractivity contribution in [1.82, 2.24) is 4.90 Å². The number of amides is 2. The number of rotatable bonds is 6. The summed E-state index contributed by atoms with van der Waals surface area (Å²) in [4.78, 5) is 24.1. The molecule has 0 saturated heterocycles. The summed E-state index contributed by atoms with van der Waals surface area (Å²) in [6, 6.07) is 3.76. The van der Waals surface area contributed by atoms with Crippen molar-refractivity contribution >= 4 is 33.6 Å². The number of aliphatic hydroxyl groups is 2. The molecular weight excluding hydrogens is 332 g/mol. The number of carboxylic acid groups (broad SMARTS) is 1. The minimum absolute atomic E-state index is 0.0329. The van der Waals surface area contributed by atoms with Gasteiger partial charge in [0.2, 0.25) is 0 Å². The lowest BCUT2D eigenvalue weighted by atomic mass is 10.2. The molecule has 7 nitrogen and oxygen atoms in total. The summed E-state index contributed by atoms with van der Waals surface area (Å²) in [5.41, 5.74) is 0.341. The molecule has 0 heterocycles. The molecule has 0 bridgehead atoms. The Hall–Kier alpha value is -1.64. The molecule has 0 unspecified atom stereocenters. The Balaban J connectivity index is 2.85. The Bertz CT molecular complexity index is 489. The molecular formula is C12H15BrN2O5. The SMILES string of the molecule is O=C(O)c1cc(Br)cc(NC(=O)N(CCO)CCO)c1. The van der Waals surface area contributed by atoms with Crippen LogP contribution in [0.3, 0.4) is 0 Å². The Labute approximate surface area is 124 Å². The molecule has 0 aliphatic carbocycles. The van der Waals surface area contributed by atoms with Gasteiger partial charge in [-0.05, 0) is 18.2 Å². The first-order valence-electron chi connectivity index (χ1n) is 5.79. The monoisotopic (exact) mass is 346 g/mol. The number of halogens is 1. The molecule has 0 aromatic heterocycles. The number of benzene rings is 1. The first-order valence-corrected chi connectivity index (χ1v) is 6.58. The second-order valence-corrected chi connectivity index (χ2v) is 4.81. The number of nitrogens with one attached hydrogen (secondary N) is 1. The average Bonchev–Trinajstić information content (AvgIpc) is 2.37. The van der Waals surface area contributed by atoms with E-state index in [-0.39, 0.29) is 31.9 Å². The second-order valence-electron chi connectivity index (χ2n) is 3.90. The number of aliphatic hydroxyl groups excluding tert-OH is 2. The second kappa shape index (κ2) is 7.83. The molecule has 0 radical (unpaired) electrons. The third kappa shape index (κ3) is 4.80. The quantitative estimate of drug-likeness (QED) is 0.613. The van der Waals surface area contributed by atoms with Crippen molar-refractivity contribution in [3.05, 3.63) is 28.2 Å². The molecule has 8 heteroatoms. The molecule has 20 heavy (non-hydrogen) atoms. The van der Waals surface area contributed by atoms with Crippen LogP contribution in [0, 0.1) is 0 Å². The van der Waals surface area contributed by atoms with Crippen molar-refractivity contribution in [2.24, 2.45) is 0 Å². The number of carboxylic acids is 1. The number of aromatic carboxylic acids is 1. The average molecular weight is 347 g/mol. The van der Waals surface area contributed by atoms with Crippen LogP contribution in [-0.4, -0.2) is 58.5 Å². The van der Waals surface area contributed by atoms with Crippen molar-refractivity contribution < 1.29 is 24.9 Å². The van der Waals surface area contributed by atoms with Crippen molar-refractivity contribution in [2.75, 3.05) is 31.6 Å². The van der Waals surface area contributed by atoms with Crippen LogP contribution in [0.15, 0.2) is 22.7 Å². The van der Waals surface area contributed by atoms with Crippen LogP contribution in [-0.2, 0) is 0 Å². The fourth-order valence-corrected chi connectivity index (χ4v) is 2.04. The number of anilines is 1. The van der Waals surface area contributed by atoms with Crippen LogP contribution >= 0.6 is 15.9 Å². The number of carbonyl (C=O) groups is 2. The molecule has 2 amide bonds. The highest BCUT2D eigenvalue weighted by Crippen LogP contribution is 2.20. The van der Waals surface area contributed by atoms with Crippen LogP contribution in [0.1, 0.15) is 10.4 Å². The highest BCUT2D eigenvalue weighted by atomic mass is 79.9. The van der Waals surface area contributed by atoms with Crippen molar-refractivity contribution in [3.63, 3.8) is 0 Å². The zero-order valence-electron chi connectivity index (χ0n) is 10.5. The van der Waals surface area contributed by atoms with Gasteiger partial charge in [-0.3, -0.25) is 0 Å².